The summed E-state index contributed by atoms with van der Waals surface area (Å²) in [6.45, 7) is 2.30. The highest BCUT2D eigenvalue weighted by Crippen LogP contribution is 2.37. The molecule has 1 atom stereocenters. The summed E-state index contributed by atoms with van der Waals surface area (Å²) in [6, 6.07) is 2.10. The molecule has 0 aromatic heterocycles. The van der Waals surface area contributed by atoms with Crippen molar-refractivity contribution in [1.29, 1.82) is 0 Å². The number of carbonyl (C=O) groups excluding carboxylic acids is 2. The first kappa shape index (κ1) is 16.9. The fourth-order valence-electron chi connectivity index (χ4n) is 2.82. The summed E-state index contributed by atoms with van der Waals surface area (Å²) in [7, 11) is 0. The molecule has 4 N–H and O–H groups in total. The Kier molecular flexibility index (Phi) is 5.31. The number of amides is 2. The lowest BCUT2D eigenvalue weighted by atomic mass is 10.00. The molecule has 0 radical (unpaired) electrons. The Morgan fingerprint density at radius 1 is 1.22 bits per heavy atom. The van der Waals surface area contributed by atoms with Gasteiger partial charge in [0.05, 0.1) is 6.04 Å². The fraction of sp³-hybridized carbons (Fsp3) is 0.500. The molecule has 7 nitrogen and oxygen atoms in total. The topological polar surface area (TPSA) is 110 Å². The molecule has 0 spiro atoms. The van der Waals surface area contributed by atoms with Crippen molar-refractivity contribution in [3.05, 3.63) is 17.7 Å². The van der Waals surface area contributed by atoms with Gasteiger partial charge in [-0.05, 0) is 44.2 Å². The first-order valence-electron chi connectivity index (χ1n) is 7.69. The van der Waals surface area contributed by atoms with Crippen LogP contribution in [0.4, 0.5) is 4.79 Å². The minimum Gasteiger partial charge on any atom is -0.504 e. The number of phenols is 3. The molecule has 1 aromatic rings. The summed E-state index contributed by atoms with van der Waals surface area (Å²) >= 11 is 0. The van der Waals surface area contributed by atoms with Gasteiger partial charge in [0.15, 0.2) is 17.3 Å². The van der Waals surface area contributed by atoms with Crippen LogP contribution in [-0.2, 0) is 11.2 Å². The van der Waals surface area contributed by atoms with Crippen molar-refractivity contribution in [2.45, 2.75) is 38.6 Å². The normalized spacial score (nSPS) is 17.8. The Bertz CT molecular complexity index is 602. The summed E-state index contributed by atoms with van der Waals surface area (Å²) in [5.74, 6) is -1.37. The van der Waals surface area contributed by atoms with Gasteiger partial charge in [0.1, 0.15) is 0 Å². The molecule has 0 aliphatic carbocycles. The predicted molar refractivity (Wildman–Crippen MR) is 83.6 cm³/mol. The van der Waals surface area contributed by atoms with Gasteiger partial charge in [0.25, 0.3) is 0 Å². The molecule has 1 aliphatic rings. The van der Waals surface area contributed by atoms with Crippen molar-refractivity contribution < 1.29 is 24.9 Å². The monoisotopic (exact) mass is 322 g/mol. The van der Waals surface area contributed by atoms with Crippen LogP contribution in [0.15, 0.2) is 12.1 Å². The number of ketones is 1. The summed E-state index contributed by atoms with van der Waals surface area (Å²) in [5, 5.41) is 31.2. The quantitative estimate of drug-likeness (QED) is 0.628. The minimum absolute atomic E-state index is 0.0130. The smallest absolute Gasteiger partial charge is 0.318 e. The van der Waals surface area contributed by atoms with E-state index in [4.69, 9.17) is 0 Å². The molecular formula is C16H22N2O5. The van der Waals surface area contributed by atoms with Crippen molar-refractivity contribution in [3.63, 3.8) is 0 Å². The van der Waals surface area contributed by atoms with Crippen LogP contribution in [0.3, 0.4) is 0 Å². The average Bonchev–Trinajstić information content (AvgIpc) is 2.54. The van der Waals surface area contributed by atoms with Crippen molar-refractivity contribution in [2.75, 3.05) is 13.1 Å². The number of likely N-dealkylation sites (tertiary alicyclic amines) is 1. The zero-order chi connectivity index (χ0) is 17.0. The third-order valence-electron chi connectivity index (χ3n) is 4.12. The Labute approximate surface area is 134 Å². The highest BCUT2D eigenvalue weighted by Gasteiger charge is 2.29. The fourth-order valence-corrected chi connectivity index (χ4v) is 2.82. The molecule has 0 bridgehead atoms. The second-order valence-corrected chi connectivity index (χ2v) is 5.74. The van der Waals surface area contributed by atoms with Crippen LogP contribution in [0.25, 0.3) is 0 Å². The van der Waals surface area contributed by atoms with Gasteiger partial charge < -0.3 is 25.5 Å². The number of piperidine rings is 1. The second kappa shape index (κ2) is 7.21. The van der Waals surface area contributed by atoms with E-state index in [-0.39, 0.29) is 30.2 Å². The van der Waals surface area contributed by atoms with Crippen LogP contribution in [0.2, 0.25) is 0 Å². The highest BCUT2D eigenvalue weighted by molar-refractivity contribution is 5.87. The predicted octanol–water partition coefficient (Wildman–Crippen LogP) is 1.50. The van der Waals surface area contributed by atoms with Crippen molar-refractivity contribution in [2.24, 2.45) is 0 Å². The molecule has 1 fully saturated rings. The first-order chi connectivity index (χ1) is 10.9. The summed E-state index contributed by atoms with van der Waals surface area (Å²) in [5.41, 5.74) is 0.419. The van der Waals surface area contributed by atoms with Gasteiger partial charge in [-0.25, -0.2) is 4.79 Å². The van der Waals surface area contributed by atoms with Crippen LogP contribution in [0.1, 0.15) is 31.7 Å². The van der Waals surface area contributed by atoms with Crippen LogP contribution in [0, 0.1) is 0 Å². The Morgan fingerprint density at radius 2 is 1.96 bits per heavy atom. The summed E-state index contributed by atoms with van der Waals surface area (Å²) in [4.78, 5) is 25.4. The van der Waals surface area contributed by atoms with Gasteiger partial charge in [0, 0.05) is 13.1 Å². The van der Waals surface area contributed by atoms with Gasteiger partial charge in [-0.1, -0.05) is 6.07 Å². The number of benzene rings is 1. The summed E-state index contributed by atoms with van der Waals surface area (Å²) < 4.78 is 0. The third-order valence-corrected chi connectivity index (χ3v) is 4.12. The van der Waals surface area contributed by atoms with Gasteiger partial charge in [0.2, 0.25) is 5.75 Å². The number of phenolic OH excluding ortho intramolecular Hbond substituents is 3. The number of urea groups is 1. The zero-order valence-electron chi connectivity index (χ0n) is 13.1. The van der Waals surface area contributed by atoms with E-state index in [9.17, 15) is 24.9 Å². The molecule has 1 aromatic carbocycles. The highest BCUT2D eigenvalue weighted by atomic mass is 16.3. The molecule has 2 amide bonds. The lowest BCUT2D eigenvalue weighted by Crippen LogP contribution is -2.51. The molecule has 1 heterocycles. The van der Waals surface area contributed by atoms with Gasteiger partial charge >= 0.3 is 6.03 Å². The maximum atomic E-state index is 12.2. The van der Waals surface area contributed by atoms with E-state index < -0.39 is 11.5 Å². The zero-order valence-corrected chi connectivity index (χ0v) is 13.1. The van der Waals surface area contributed by atoms with Crippen molar-refractivity contribution in [3.8, 4) is 17.2 Å². The number of aromatic hydroxyl groups is 3. The molecule has 126 valence electrons. The average molecular weight is 322 g/mol. The second-order valence-electron chi connectivity index (χ2n) is 5.74. The van der Waals surface area contributed by atoms with E-state index in [0.29, 0.717) is 24.9 Å². The molecule has 2 rings (SSSR count). The lowest BCUT2D eigenvalue weighted by molar-refractivity contribution is -0.122. The minimum atomic E-state index is -0.568. The van der Waals surface area contributed by atoms with Crippen LogP contribution in [-0.4, -0.2) is 51.2 Å². The third kappa shape index (κ3) is 3.85. The standard InChI is InChI=1S/C16H22N2O5/c1-10(19)12-4-2-3-9-18(12)16(23)17-8-7-11-5-6-13(20)15(22)14(11)21/h5-6,12,20-22H,2-4,7-9H2,1H3,(H,17,23). The Morgan fingerprint density at radius 3 is 2.65 bits per heavy atom. The van der Waals surface area contributed by atoms with Gasteiger partial charge in [-0.3, -0.25) is 4.79 Å². The molecule has 0 saturated carbocycles. The number of Topliss-reactive ketones (excluding diaryl/α,β-unsaturated/α-hetero) is 1. The largest absolute Gasteiger partial charge is 0.504 e. The van der Waals surface area contributed by atoms with E-state index in [1.807, 2.05) is 0 Å². The van der Waals surface area contributed by atoms with E-state index in [2.05, 4.69) is 5.32 Å². The van der Waals surface area contributed by atoms with E-state index in [1.165, 1.54) is 19.1 Å². The Balaban J connectivity index is 1.92. The van der Waals surface area contributed by atoms with Crippen molar-refractivity contribution >= 4 is 11.8 Å². The Hall–Kier alpha value is -2.44. The number of rotatable bonds is 4. The van der Waals surface area contributed by atoms with E-state index in [1.54, 1.807) is 4.90 Å². The van der Waals surface area contributed by atoms with Crippen LogP contribution < -0.4 is 5.32 Å². The van der Waals surface area contributed by atoms with E-state index in [0.717, 1.165) is 12.8 Å². The lowest BCUT2D eigenvalue weighted by Gasteiger charge is -2.34. The number of hydrogen-bond donors (Lipinski definition) is 4. The number of carbonyl (C=O) groups is 2. The summed E-state index contributed by atoms with van der Waals surface area (Å²) in [6.07, 6.45) is 2.80. The van der Waals surface area contributed by atoms with Crippen molar-refractivity contribution in [1.82, 2.24) is 10.2 Å². The molecular weight excluding hydrogens is 300 g/mol. The number of nitrogens with one attached hydrogen (secondary N) is 1. The molecule has 1 aliphatic heterocycles. The maximum absolute atomic E-state index is 12.2. The SMILES string of the molecule is CC(=O)C1CCCCN1C(=O)NCCc1ccc(O)c(O)c1O. The first-order valence-corrected chi connectivity index (χ1v) is 7.69. The van der Waals surface area contributed by atoms with Crippen LogP contribution in [0.5, 0.6) is 17.2 Å². The van der Waals surface area contributed by atoms with Crippen LogP contribution >= 0.6 is 0 Å². The molecule has 23 heavy (non-hydrogen) atoms. The number of hydrogen-bond acceptors (Lipinski definition) is 5. The number of nitrogens with zero attached hydrogens (tertiary/aromatic N) is 1. The van der Waals surface area contributed by atoms with Gasteiger partial charge in [-0.15, -0.1) is 0 Å². The molecule has 1 unspecified atom stereocenters. The maximum Gasteiger partial charge on any atom is 0.318 e. The molecule has 1 saturated heterocycles. The van der Waals surface area contributed by atoms with Gasteiger partial charge in [-0.2, -0.15) is 0 Å². The molecule has 7 heteroatoms. The van der Waals surface area contributed by atoms with E-state index >= 15 is 0 Å².